The van der Waals surface area contributed by atoms with Crippen molar-refractivity contribution in [1.29, 1.82) is 0 Å². The third-order valence-electron chi connectivity index (χ3n) is 3.80. The number of rotatable bonds is 8. The quantitative estimate of drug-likeness (QED) is 0.741. The van der Waals surface area contributed by atoms with E-state index in [1.54, 1.807) is 7.11 Å². The zero-order valence-electron chi connectivity index (χ0n) is 14.1. The van der Waals surface area contributed by atoms with Gasteiger partial charge in [-0.2, -0.15) is 0 Å². The number of carbonyl (C=O) groups is 1. The summed E-state index contributed by atoms with van der Waals surface area (Å²) < 4.78 is 6.34. The van der Waals surface area contributed by atoms with Crippen molar-refractivity contribution in [2.75, 3.05) is 32.1 Å². The number of carbonyl (C=O) groups excluding carboxylic acids is 1. The number of anilines is 1. The molecule has 5 heteroatoms. The van der Waals surface area contributed by atoms with Crippen molar-refractivity contribution in [2.24, 2.45) is 0 Å². The Morgan fingerprint density at radius 2 is 2.00 bits per heavy atom. The second kappa shape index (κ2) is 9.45. The van der Waals surface area contributed by atoms with Gasteiger partial charge >= 0.3 is 0 Å². The number of benzene rings is 2. The topological polar surface area (TPSA) is 41.6 Å². The lowest BCUT2D eigenvalue weighted by atomic mass is 10.1. The van der Waals surface area contributed by atoms with Crippen molar-refractivity contribution in [2.45, 2.75) is 13.3 Å². The first-order valence-electron chi connectivity index (χ1n) is 8.02. The second-order valence-electron chi connectivity index (χ2n) is 5.50. The van der Waals surface area contributed by atoms with Gasteiger partial charge in [-0.1, -0.05) is 47.1 Å². The minimum absolute atomic E-state index is 0.0319. The van der Waals surface area contributed by atoms with Crippen molar-refractivity contribution >= 4 is 27.5 Å². The first kappa shape index (κ1) is 18.5. The number of para-hydroxylation sites is 2. The molecular formula is C19H23BrN2O2. The summed E-state index contributed by atoms with van der Waals surface area (Å²) in [4.78, 5) is 14.4. The number of likely N-dealkylation sites (N-methyl/N-ethyl adjacent to an activating group) is 1. The molecule has 1 amide bonds. The van der Waals surface area contributed by atoms with Gasteiger partial charge in [-0.05, 0) is 42.8 Å². The summed E-state index contributed by atoms with van der Waals surface area (Å²) in [5, 5.41) is 2.92. The van der Waals surface area contributed by atoms with E-state index < -0.39 is 0 Å². The first-order chi connectivity index (χ1) is 11.6. The van der Waals surface area contributed by atoms with Crippen molar-refractivity contribution < 1.29 is 9.53 Å². The zero-order valence-corrected chi connectivity index (χ0v) is 15.7. The predicted molar refractivity (Wildman–Crippen MR) is 102 cm³/mol. The number of hydrogen-bond donors (Lipinski definition) is 1. The van der Waals surface area contributed by atoms with Gasteiger partial charge in [0.25, 0.3) is 0 Å². The van der Waals surface area contributed by atoms with Crippen molar-refractivity contribution in [1.82, 2.24) is 4.90 Å². The number of hydrogen-bond acceptors (Lipinski definition) is 3. The molecule has 0 aliphatic rings. The van der Waals surface area contributed by atoms with Crippen molar-refractivity contribution in [3.63, 3.8) is 0 Å². The Hall–Kier alpha value is -1.85. The number of amides is 1. The molecule has 24 heavy (non-hydrogen) atoms. The normalized spacial score (nSPS) is 10.7. The van der Waals surface area contributed by atoms with E-state index in [9.17, 15) is 4.79 Å². The van der Waals surface area contributed by atoms with Crippen molar-refractivity contribution in [3.05, 3.63) is 58.6 Å². The molecule has 0 aliphatic carbocycles. The largest absolute Gasteiger partial charge is 0.495 e. The molecule has 0 saturated carbocycles. The van der Waals surface area contributed by atoms with E-state index >= 15 is 0 Å². The number of methoxy groups -OCH3 is 1. The van der Waals surface area contributed by atoms with Crippen LogP contribution < -0.4 is 10.1 Å². The SMILES string of the molecule is CCN(CCc1cccc(Br)c1)CC(=O)Nc1ccccc1OC. The molecular weight excluding hydrogens is 368 g/mol. The zero-order chi connectivity index (χ0) is 17.4. The number of halogens is 1. The van der Waals surface area contributed by atoms with E-state index in [1.807, 2.05) is 36.4 Å². The average molecular weight is 391 g/mol. The summed E-state index contributed by atoms with van der Waals surface area (Å²) >= 11 is 3.49. The predicted octanol–water partition coefficient (Wildman–Crippen LogP) is 3.96. The van der Waals surface area contributed by atoms with Crippen LogP contribution in [0.25, 0.3) is 0 Å². The van der Waals surface area contributed by atoms with Gasteiger partial charge in [0.15, 0.2) is 0 Å². The summed E-state index contributed by atoms with van der Waals surface area (Å²) in [7, 11) is 1.60. The molecule has 0 spiro atoms. The van der Waals surface area contributed by atoms with Crippen LogP contribution in [0.1, 0.15) is 12.5 Å². The van der Waals surface area contributed by atoms with E-state index in [0.29, 0.717) is 18.0 Å². The molecule has 0 fully saturated rings. The van der Waals surface area contributed by atoms with Gasteiger partial charge in [0.05, 0.1) is 19.3 Å². The van der Waals surface area contributed by atoms with Crippen LogP contribution >= 0.6 is 15.9 Å². The van der Waals surface area contributed by atoms with Gasteiger partial charge in [-0.3, -0.25) is 9.69 Å². The third kappa shape index (κ3) is 5.65. The van der Waals surface area contributed by atoms with Gasteiger partial charge < -0.3 is 10.1 Å². The third-order valence-corrected chi connectivity index (χ3v) is 4.29. The van der Waals surface area contributed by atoms with Crippen LogP contribution in [0.15, 0.2) is 53.0 Å². The smallest absolute Gasteiger partial charge is 0.238 e. The molecule has 2 rings (SSSR count). The maximum absolute atomic E-state index is 12.3. The van der Waals surface area contributed by atoms with E-state index in [4.69, 9.17) is 4.74 Å². The summed E-state index contributed by atoms with van der Waals surface area (Å²) in [5.41, 5.74) is 1.96. The summed E-state index contributed by atoms with van der Waals surface area (Å²) in [6, 6.07) is 15.7. The number of ether oxygens (including phenoxy) is 1. The molecule has 0 atom stereocenters. The fourth-order valence-corrected chi connectivity index (χ4v) is 2.92. The van der Waals surface area contributed by atoms with Crippen LogP contribution in [-0.2, 0) is 11.2 Å². The Morgan fingerprint density at radius 1 is 1.21 bits per heavy atom. The van der Waals surface area contributed by atoms with Crippen molar-refractivity contribution in [3.8, 4) is 5.75 Å². The minimum atomic E-state index is -0.0319. The van der Waals surface area contributed by atoms with Crippen LogP contribution in [0, 0.1) is 0 Å². The van der Waals surface area contributed by atoms with Gasteiger partial charge in [0, 0.05) is 11.0 Å². The van der Waals surface area contributed by atoms with Crippen LogP contribution in [0.5, 0.6) is 5.75 Å². The minimum Gasteiger partial charge on any atom is -0.495 e. The van der Waals surface area contributed by atoms with E-state index in [2.05, 4.69) is 45.2 Å². The van der Waals surface area contributed by atoms with E-state index in [-0.39, 0.29) is 5.91 Å². The van der Waals surface area contributed by atoms with Crippen LogP contribution in [0.2, 0.25) is 0 Å². The summed E-state index contributed by atoms with van der Waals surface area (Å²) in [6.45, 7) is 4.10. The maximum atomic E-state index is 12.3. The molecule has 1 N–H and O–H groups in total. The first-order valence-corrected chi connectivity index (χ1v) is 8.81. The molecule has 0 radical (unpaired) electrons. The number of nitrogens with zero attached hydrogens (tertiary/aromatic N) is 1. The second-order valence-corrected chi connectivity index (χ2v) is 6.41. The molecule has 4 nitrogen and oxygen atoms in total. The Labute approximate surface area is 151 Å². The molecule has 0 bridgehead atoms. The fraction of sp³-hybridized carbons (Fsp3) is 0.316. The molecule has 0 unspecified atom stereocenters. The summed E-state index contributed by atoms with van der Waals surface area (Å²) in [5.74, 6) is 0.638. The lowest BCUT2D eigenvalue weighted by molar-refractivity contribution is -0.117. The maximum Gasteiger partial charge on any atom is 0.238 e. The lowest BCUT2D eigenvalue weighted by Gasteiger charge is -2.20. The van der Waals surface area contributed by atoms with Crippen LogP contribution in [-0.4, -0.2) is 37.6 Å². The monoisotopic (exact) mass is 390 g/mol. The Bertz CT molecular complexity index is 676. The molecule has 0 saturated heterocycles. The average Bonchev–Trinajstić information content (AvgIpc) is 2.59. The lowest BCUT2D eigenvalue weighted by Crippen LogP contribution is -2.34. The van der Waals surface area contributed by atoms with E-state index in [0.717, 1.165) is 24.0 Å². The molecule has 128 valence electrons. The highest BCUT2D eigenvalue weighted by atomic mass is 79.9. The van der Waals surface area contributed by atoms with Gasteiger partial charge in [0.2, 0.25) is 5.91 Å². The fourth-order valence-electron chi connectivity index (χ4n) is 2.47. The van der Waals surface area contributed by atoms with Crippen LogP contribution in [0.3, 0.4) is 0 Å². The highest BCUT2D eigenvalue weighted by Crippen LogP contribution is 2.22. The number of nitrogens with one attached hydrogen (secondary N) is 1. The summed E-state index contributed by atoms with van der Waals surface area (Å²) in [6.07, 6.45) is 0.912. The Morgan fingerprint density at radius 3 is 2.71 bits per heavy atom. The molecule has 2 aromatic rings. The molecule has 0 aliphatic heterocycles. The standard InChI is InChI=1S/C19H23BrN2O2/c1-3-22(12-11-15-7-6-8-16(20)13-15)14-19(23)21-17-9-4-5-10-18(17)24-2/h4-10,13H,3,11-12,14H2,1-2H3,(H,21,23). The van der Waals surface area contributed by atoms with Gasteiger partial charge in [-0.15, -0.1) is 0 Å². The molecule has 0 heterocycles. The van der Waals surface area contributed by atoms with Crippen LogP contribution in [0.4, 0.5) is 5.69 Å². The highest BCUT2D eigenvalue weighted by Gasteiger charge is 2.11. The van der Waals surface area contributed by atoms with Gasteiger partial charge in [-0.25, -0.2) is 0 Å². The molecule has 0 aromatic heterocycles. The van der Waals surface area contributed by atoms with E-state index in [1.165, 1.54) is 5.56 Å². The highest BCUT2D eigenvalue weighted by molar-refractivity contribution is 9.10. The Balaban J connectivity index is 1.88. The Kier molecular flexibility index (Phi) is 7.28. The van der Waals surface area contributed by atoms with Gasteiger partial charge in [0.1, 0.15) is 5.75 Å². The molecule has 2 aromatic carbocycles.